The van der Waals surface area contributed by atoms with Crippen molar-refractivity contribution in [3.05, 3.63) is 12.7 Å². The van der Waals surface area contributed by atoms with Gasteiger partial charge in [0.2, 0.25) is 10.3 Å². The fourth-order valence-corrected chi connectivity index (χ4v) is 0.688. The Balaban J connectivity index is 4.25. The summed E-state index contributed by atoms with van der Waals surface area (Å²) in [5.41, 5.74) is 0. The molecule has 0 heterocycles. The molecule has 0 aromatic heterocycles. The predicted molar refractivity (Wildman–Crippen MR) is 39.8 cm³/mol. The van der Waals surface area contributed by atoms with E-state index < -0.39 is 22.8 Å². The smallest absolute Gasteiger partial charge is 0.317 e. The summed E-state index contributed by atoms with van der Waals surface area (Å²) in [4.78, 5) is 9.72. The topological polar surface area (TPSA) is 83.5 Å². The van der Waals surface area contributed by atoms with E-state index in [1.807, 2.05) is 0 Å². The molecule has 0 aliphatic carbocycles. The van der Waals surface area contributed by atoms with Crippen molar-refractivity contribution in [3.63, 3.8) is 0 Å². The van der Waals surface area contributed by atoms with Crippen LogP contribution in [0.25, 0.3) is 0 Å². The van der Waals surface area contributed by atoms with Gasteiger partial charge in [-0.15, -0.1) is 0 Å². The number of hydrogen-bond donors (Lipinski definition) is 2. The third-order valence-corrected chi connectivity index (χ3v) is 1.45. The fourth-order valence-electron chi connectivity index (χ4n) is 0.362. The Labute approximate surface area is 64.9 Å². The molecule has 11 heavy (non-hydrogen) atoms. The van der Waals surface area contributed by atoms with Gasteiger partial charge in [0.05, 0.1) is 6.54 Å². The lowest BCUT2D eigenvalue weighted by molar-refractivity contribution is -0.135. The van der Waals surface area contributed by atoms with Gasteiger partial charge in [-0.25, -0.2) is 0 Å². The number of carbonyl (C=O) groups is 1. The molecule has 0 saturated heterocycles. The Morgan fingerprint density at radius 3 is 2.45 bits per heavy atom. The molecule has 0 aliphatic rings. The van der Waals surface area contributed by atoms with Gasteiger partial charge in [0, 0.05) is 0 Å². The van der Waals surface area contributed by atoms with Crippen LogP contribution in [-0.4, -0.2) is 31.0 Å². The third kappa shape index (κ3) is 4.29. The first-order valence-corrected chi connectivity index (χ1v) is 3.69. The number of hydrogen-bond acceptors (Lipinski definition) is 3. The van der Waals surface area contributed by atoms with E-state index >= 15 is 0 Å². The third-order valence-electron chi connectivity index (χ3n) is 0.779. The van der Waals surface area contributed by atoms with Crippen LogP contribution in [0, 0.1) is 0 Å². The van der Waals surface area contributed by atoms with Crippen molar-refractivity contribution < 1.29 is 18.3 Å². The Morgan fingerprint density at radius 2 is 2.18 bits per heavy atom. The molecule has 0 saturated carbocycles. The predicted octanol–water partition coefficient (Wildman–Crippen LogP) is -1.14. The number of rotatable bonds is 3. The van der Waals surface area contributed by atoms with Crippen molar-refractivity contribution >= 4 is 21.3 Å². The van der Waals surface area contributed by atoms with Crippen LogP contribution in [0.3, 0.4) is 0 Å². The van der Waals surface area contributed by atoms with Crippen LogP contribution in [0.5, 0.6) is 0 Å². The van der Waals surface area contributed by atoms with Crippen molar-refractivity contribution in [2.24, 2.45) is 0 Å². The number of nitrogens with one attached hydrogen (secondary N) is 1. The summed E-state index contributed by atoms with van der Waals surface area (Å²) < 4.78 is 20.4. The van der Waals surface area contributed by atoms with E-state index in [4.69, 9.17) is 5.11 Å². The Bertz CT molecular complexity index is 282. The lowest BCUT2D eigenvalue weighted by Gasteiger charge is -1.94. The zero-order valence-electron chi connectivity index (χ0n) is 5.57. The molecule has 0 amide bonds. The van der Waals surface area contributed by atoms with Crippen LogP contribution < -0.4 is 5.32 Å². The van der Waals surface area contributed by atoms with E-state index in [1.54, 1.807) is 0 Å². The number of aliphatic carboxylic acids is 1. The van der Waals surface area contributed by atoms with Crippen LogP contribution in [0.1, 0.15) is 0 Å². The van der Waals surface area contributed by atoms with Crippen molar-refractivity contribution in [2.75, 3.05) is 6.54 Å². The average molecular weight is 177 g/mol. The minimum Gasteiger partial charge on any atom is -0.480 e. The highest BCUT2D eigenvalue weighted by atomic mass is 32.2. The van der Waals surface area contributed by atoms with E-state index in [0.717, 1.165) is 6.08 Å². The summed E-state index contributed by atoms with van der Waals surface area (Å²) in [6.07, 6.45) is 1.03. The van der Waals surface area contributed by atoms with E-state index in [1.165, 1.54) is 0 Å². The van der Waals surface area contributed by atoms with Gasteiger partial charge >= 0.3 is 5.97 Å². The molecule has 0 spiro atoms. The summed E-state index contributed by atoms with van der Waals surface area (Å²) in [5, 5.41) is 10.3. The lowest BCUT2D eigenvalue weighted by Crippen LogP contribution is -2.28. The number of carboxylic acid groups (broad SMARTS) is 1. The van der Waals surface area contributed by atoms with E-state index in [2.05, 4.69) is 11.9 Å². The van der Waals surface area contributed by atoms with Gasteiger partial charge in [0.1, 0.15) is 4.99 Å². The maximum Gasteiger partial charge on any atom is 0.317 e. The van der Waals surface area contributed by atoms with Gasteiger partial charge in [-0.1, -0.05) is 6.58 Å². The second kappa shape index (κ2) is 4.64. The largest absolute Gasteiger partial charge is 0.480 e. The van der Waals surface area contributed by atoms with Crippen LogP contribution in [0.2, 0.25) is 0 Å². The Hall–Kier alpha value is -1.14. The molecule has 2 N–H and O–H groups in total. The normalized spacial score (nSPS) is 8.73. The zero-order valence-corrected chi connectivity index (χ0v) is 6.39. The molecule has 62 valence electrons. The van der Waals surface area contributed by atoms with Crippen molar-refractivity contribution in [3.8, 4) is 0 Å². The molecule has 0 aromatic rings. The van der Waals surface area contributed by atoms with Crippen molar-refractivity contribution in [1.82, 2.24) is 5.32 Å². The van der Waals surface area contributed by atoms with Gasteiger partial charge in [0.15, 0.2) is 0 Å². The molecular formula is C5H7NO4S. The van der Waals surface area contributed by atoms with Gasteiger partial charge in [-0.05, 0) is 6.08 Å². The van der Waals surface area contributed by atoms with Gasteiger partial charge in [0.25, 0.3) is 0 Å². The Morgan fingerprint density at radius 1 is 1.64 bits per heavy atom. The van der Waals surface area contributed by atoms with Crippen molar-refractivity contribution in [1.29, 1.82) is 0 Å². The second-order valence-electron chi connectivity index (χ2n) is 1.55. The highest BCUT2D eigenvalue weighted by molar-refractivity contribution is 7.73. The first-order chi connectivity index (χ1) is 5.07. The quantitative estimate of drug-likeness (QED) is 0.420. The summed E-state index contributed by atoms with van der Waals surface area (Å²) in [7, 11) is -2.45. The first kappa shape index (κ1) is 9.86. The summed E-state index contributed by atoms with van der Waals surface area (Å²) in [6, 6.07) is 0. The minimum atomic E-state index is -2.45. The standard InChI is InChI=1S/C5H7NO4S/c1-2-4(11(9)10)6-3-5(7)8/h2,6H,1,3H2,(H,7,8). The highest BCUT2D eigenvalue weighted by Crippen LogP contribution is 1.69. The summed E-state index contributed by atoms with van der Waals surface area (Å²) in [5.74, 6) is -1.13. The molecule has 0 atom stereocenters. The van der Waals surface area contributed by atoms with E-state index in [9.17, 15) is 13.2 Å². The van der Waals surface area contributed by atoms with Crippen LogP contribution >= 0.6 is 0 Å². The molecule has 0 unspecified atom stereocenters. The zero-order chi connectivity index (χ0) is 8.85. The molecule has 0 rings (SSSR count). The lowest BCUT2D eigenvalue weighted by atomic mass is 10.6. The molecule has 0 bridgehead atoms. The molecule has 0 fully saturated rings. The van der Waals surface area contributed by atoms with Crippen LogP contribution in [0.15, 0.2) is 12.7 Å². The maximum atomic E-state index is 10.2. The summed E-state index contributed by atoms with van der Waals surface area (Å²) >= 11 is 0. The van der Waals surface area contributed by atoms with Crippen LogP contribution in [0.4, 0.5) is 0 Å². The average Bonchev–Trinajstić information content (AvgIpc) is 1.87. The first-order valence-electron chi connectivity index (χ1n) is 2.62. The molecule has 0 aromatic carbocycles. The van der Waals surface area contributed by atoms with Crippen LogP contribution in [-0.2, 0) is 15.1 Å². The molecular weight excluding hydrogens is 170 g/mol. The SMILES string of the molecule is C=CC(NCC(=O)O)=S(=O)=O. The highest BCUT2D eigenvalue weighted by Gasteiger charge is 1.98. The molecule has 5 nitrogen and oxygen atoms in total. The molecule has 6 heteroatoms. The Kier molecular flexibility index (Phi) is 4.16. The molecule has 0 radical (unpaired) electrons. The summed E-state index contributed by atoms with van der Waals surface area (Å²) in [6.45, 7) is 2.74. The van der Waals surface area contributed by atoms with E-state index in [-0.39, 0.29) is 4.99 Å². The monoisotopic (exact) mass is 177 g/mol. The fraction of sp³-hybridized carbons (Fsp3) is 0.200. The van der Waals surface area contributed by atoms with Gasteiger partial charge in [-0.3, -0.25) is 10.1 Å². The van der Waals surface area contributed by atoms with Gasteiger partial charge in [-0.2, -0.15) is 8.42 Å². The molecule has 0 aliphatic heterocycles. The minimum absolute atomic E-state index is 0.215. The van der Waals surface area contributed by atoms with E-state index in [0.29, 0.717) is 0 Å². The number of carboxylic acids is 1. The van der Waals surface area contributed by atoms with Crippen molar-refractivity contribution in [2.45, 2.75) is 0 Å². The maximum absolute atomic E-state index is 10.2. The second-order valence-corrected chi connectivity index (χ2v) is 2.46. The van der Waals surface area contributed by atoms with Gasteiger partial charge < -0.3 is 5.11 Å².